The molecule has 3 heterocycles. The average molecular weight is 944 g/mol. The third-order valence-electron chi connectivity index (χ3n) is 14.9. The van der Waals surface area contributed by atoms with Crippen molar-refractivity contribution < 1.29 is 62.9 Å². The zero-order chi connectivity index (χ0) is 49.4. The molecule has 0 aromatic heterocycles. The molecular formula is C53H85NO13. The number of methoxy groups -OCH3 is 3. The van der Waals surface area contributed by atoms with Crippen LogP contribution in [0.4, 0.5) is 0 Å². The lowest BCUT2D eigenvalue weighted by atomic mass is 9.78. The molecule has 1 saturated carbocycles. The van der Waals surface area contributed by atoms with Crippen molar-refractivity contribution in [3.05, 3.63) is 47.6 Å². The summed E-state index contributed by atoms with van der Waals surface area (Å²) in [4.78, 5) is 58.4. The minimum absolute atomic E-state index is 0.0821. The number of piperidine rings is 1. The maximum absolute atomic E-state index is 14.5. The molecule has 380 valence electrons. The summed E-state index contributed by atoms with van der Waals surface area (Å²) in [5, 5.41) is 32.9. The Hall–Kier alpha value is -3.08. The largest absolute Gasteiger partial charge is 0.460 e. The Morgan fingerprint density at radius 3 is 2.27 bits per heavy atom. The van der Waals surface area contributed by atoms with E-state index in [4.69, 9.17) is 28.4 Å². The predicted molar refractivity (Wildman–Crippen MR) is 256 cm³/mol. The molecule has 4 aliphatic rings. The number of ketones is 2. The fourth-order valence-electron chi connectivity index (χ4n) is 10.7. The normalized spacial score (nSPS) is 37.8. The van der Waals surface area contributed by atoms with Gasteiger partial charge in [0.2, 0.25) is 5.79 Å². The molecule has 14 nitrogen and oxygen atoms in total. The van der Waals surface area contributed by atoms with Crippen molar-refractivity contribution in [2.75, 3.05) is 41.1 Å². The number of hydrogen-bond acceptors (Lipinski definition) is 13. The predicted octanol–water partition coefficient (Wildman–Crippen LogP) is 7.02. The highest BCUT2D eigenvalue weighted by Gasteiger charge is 2.53. The number of allylic oxidation sites excluding steroid dienone is 6. The van der Waals surface area contributed by atoms with E-state index in [1.54, 1.807) is 41.3 Å². The van der Waals surface area contributed by atoms with Crippen LogP contribution in [0.3, 0.4) is 0 Å². The van der Waals surface area contributed by atoms with Crippen molar-refractivity contribution in [2.24, 2.45) is 35.5 Å². The van der Waals surface area contributed by atoms with Crippen LogP contribution in [0.1, 0.15) is 132 Å². The highest BCUT2D eigenvalue weighted by molar-refractivity contribution is 6.39. The molecule has 3 N–H and O–H groups in total. The summed E-state index contributed by atoms with van der Waals surface area (Å²) >= 11 is 0. The number of Topliss-reactive ketones (excluding diaryl/α,β-unsaturated/α-hetero) is 2. The van der Waals surface area contributed by atoms with Crippen molar-refractivity contribution in [1.29, 1.82) is 0 Å². The van der Waals surface area contributed by atoms with E-state index in [-0.39, 0.29) is 80.4 Å². The fraction of sp³-hybridized carbons (Fsp3) is 0.774. The highest BCUT2D eigenvalue weighted by Crippen LogP contribution is 2.38. The molecule has 0 spiro atoms. The van der Waals surface area contributed by atoms with Gasteiger partial charge in [0.15, 0.2) is 5.78 Å². The molecule has 2 saturated heterocycles. The number of cyclic esters (lactones) is 1. The van der Waals surface area contributed by atoms with Gasteiger partial charge in [-0.25, -0.2) is 4.79 Å². The molecule has 1 aliphatic carbocycles. The molecule has 0 radical (unpaired) electrons. The van der Waals surface area contributed by atoms with Crippen LogP contribution in [0.2, 0.25) is 0 Å². The Labute approximate surface area is 400 Å². The van der Waals surface area contributed by atoms with E-state index in [2.05, 4.69) is 19.9 Å². The maximum Gasteiger partial charge on any atom is 0.329 e. The third-order valence-corrected chi connectivity index (χ3v) is 14.9. The van der Waals surface area contributed by atoms with Crippen LogP contribution in [0.5, 0.6) is 0 Å². The summed E-state index contributed by atoms with van der Waals surface area (Å²) in [6.45, 7) is 13.7. The first kappa shape index (κ1) is 56.5. The number of esters is 1. The van der Waals surface area contributed by atoms with Gasteiger partial charge in [-0.05, 0) is 119 Å². The minimum atomic E-state index is -2.41. The van der Waals surface area contributed by atoms with Crippen molar-refractivity contribution in [3.8, 4) is 0 Å². The number of nitrogens with zero attached hydrogens (tertiary/aromatic N) is 1. The van der Waals surface area contributed by atoms with Crippen LogP contribution in [0.25, 0.3) is 0 Å². The number of fused-ring (bicyclic) bond motifs is 3. The number of ether oxygens (including phenoxy) is 6. The highest BCUT2D eigenvalue weighted by atomic mass is 16.6. The molecule has 1 amide bonds. The Balaban J connectivity index is 1.68. The van der Waals surface area contributed by atoms with Gasteiger partial charge in [0.1, 0.15) is 12.1 Å². The monoisotopic (exact) mass is 944 g/mol. The van der Waals surface area contributed by atoms with E-state index in [0.29, 0.717) is 56.9 Å². The summed E-state index contributed by atoms with van der Waals surface area (Å²) in [5.41, 5.74) is 1.35. The van der Waals surface area contributed by atoms with Crippen molar-refractivity contribution in [1.82, 2.24) is 4.90 Å². The molecule has 3 aliphatic heterocycles. The molecular weight excluding hydrogens is 859 g/mol. The molecule has 2 bridgehead atoms. The number of rotatable bonds is 9. The van der Waals surface area contributed by atoms with Crippen LogP contribution in [0.15, 0.2) is 47.6 Å². The molecule has 15 atom stereocenters. The van der Waals surface area contributed by atoms with Crippen molar-refractivity contribution >= 4 is 23.4 Å². The first-order chi connectivity index (χ1) is 31.9. The summed E-state index contributed by atoms with van der Waals surface area (Å²) < 4.78 is 35.9. The SMILES string of the molecule is CO[C@H]1CC2CC[C@@H](C)[C@@](O)(O2)C(=O)C(=O)N2CCCC[C@H]2C(=O)O[C@H]([C@H](C)C[C@@H]2CC[C@@H](OCCO)[C@H](OC)C2)CC(=O)/C(C)=C/C(C)[C@@H](O)[C@@H](OC)C[C@H](C)C[C@H](C)C=CC=CC=C1C. The Morgan fingerprint density at radius 1 is 0.851 bits per heavy atom. The Morgan fingerprint density at radius 2 is 1.58 bits per heavy atom. The molecule has 4 rings (SSSR count). The van der Waals surface area contributed by atoms with Crippen LogP contribution >= 0.6 is 0 Å². The first-order valence-electron chi connectivity index (χ1n) is 25.0. The van der Waals surface area contributed by atoms with Crippen LogP contribution in [-0.2, 0) is 47.6 Å². The van der Waals surface area contributed by atoms with Gasteiger partial charge in [0.05, 0.1) is 49.8 Å². The first-order valence-corrected chi connectivity index (χ1v) is 25.0. The average Bonchev–Trinajstić information content (AvgIpc) is 3.31. The zero-order valence-electron chi connectivity index (χ0n) is 42.2. The van der Waals surface area contributed by atoms with E-state index in [0.717, 1.165) is 24.8 Å². The molecule has 0 aromatic rings. The standard InChI is InChI=1S/C53H85NO13/c1-33-16-12-11-13-17-35(3)45(62-8)31-41-21-19-39(7)53(61,67-41)50(58)51(59)54-23-15-14-18-42(54)52(60)66-46(37(5)29-40-20-22-44(65-25-24-55)47(30-40)63-9)32-43(56)36(4)28-38(6)49(57)48(64-10)27-34(2)26-33/h11-13,16-17,28,33-34,37-42,44-49,55,57,61H,14-15,18-27,29-32H2,1-10H3/b13-11?,16-12?,35-17?,36-28+/t33-,34-,37-,38?,39-,40+,41?,42+,44-,45+,46+,47-,48+,49-,53-/m1/s1. The Kier molecular flexibility index (Phi) is 23.1. The molecule has 14 heteroatoms. The van der Waals surface area contributed by atoms with Gasteiger partial charge in [0.25, 0.3) is 11.7 Å². The van der Waals surface area contributed by atoms with Crippen LogP contribution < -0.4 is 0 Å². The smallest absolute Gasteiger partial charge is 0.329 e. The second-order valence-electron chi connectivity index (χ2n) is 20.3. The molecule has 67 heavy (non-hydrogen) atoms. The lowest BCUT2D eigenvalue weighted by Gasteiger charge is -2.42. The minimum Gasteiger partial charge on any atom is -0.460 e. The lowest BCUT2D eigenvalue weighted by molar-refractivity contribution is -0.265. The summed E-state index contributed by atoms with van der Waals surface area (Å²) in [7, 11) is 4.84. The summed E-state index contributed by atoms with van der Waals surface area (Å²) in [6, 6.07) is -1.11. The number of amides is 1. The van der Waals surface area contributed by atoms with E-state index in [1.165, 1.54) is 4.90 Å². The van der Waals surface area contributed by atoms with Crippen LogP contribution in [-0.4, -0.2) is 139 Å². The quantitative estimate of drug-likeness (QED) is 0.158. The topological polar surface area (TPSA) is 188 Å². The molecule has 0 aromatic carbocycles. The lowest BCUT2D eigenvalue weighted by Crippen LogP contribution is -2.61. The third kappa shape index (κ3) is 16.0. The zero-order valence-corrected chi connectivity index (χ0v) is 42.2. The number of hydrogen-bond donors (Lipinski definition) is 3. The number of carbonyl (C=O) groups excluding carboxylic acids is 4. The second-order valence-corrected chi connectivity index (χ2v) is 20.3. The fourth-order valence-corrected chi connectivity index (χ4v) is 10.7. The van der Waals surface area contributed by atoms with Gasteiger partial charge in [-0.3, -0.25) is 14.4 Å². The van der Waals surface area contributed by atoms with Gasteiger partial charge in [0, 0.05) is 52.6 Å². The number of aliphatic hydroxyl groups is 3. The van der Waals surface area contributed by atoms with E-state index in [1.807, 2.05) is 45.1 Å². The van der Waals surface area contributed by atoms with Gasteiger partial charge in [-0.15, -0.1) is 0 Å². The van der Waals surface area contributed by atoms with Gasteiger partial charge >= 0.3 is 5.97 Å². The van der Waals surface area contributed by atoms with E-state index < -0.39 is 65.7 Å². The number of carbonyl (C=O) groups is 4. The second kappa shape index (κ2) is 27.3. The summed E-state index contributed by atoms with van der Waals surface area (Å²) in [6.07, 6.45) is 15.2. The van der Waals surface area contributed by atoms with Crippen molar-refractivity contribution in [2.45, 2.75) is 186 Å². The van der Waals surface area contributed by atoms with E-state index in [9.17, 15) is 34.5 Å². The van der Waals surface area contributed by atoms with Crippen LogP contribution in [0, 0.1) is 35.5 Å². The van der Waals surface area contributed by atoms with Crippen molar-refractivity contribution in [3.63, 3.8) is 0 Å². The van der Waals surface area contributed by atoms with Gasteiger partial charge in [-0.1, -0.05) is 71.1 Å². The van der Waals surface area contributed by atoms with Gasteiger partial charge in [-0.2, -0.15) is 0 Å². The molecule has 2 unspecified atom stereocenters. The Bertz CT molecular complexity index is 1730. The van der Waals surface area contributed by atoms with Gasteiger partial charge < -0.3 is 48.6 Å². The maximum atomic E-state index is 14.5. The van der Waals surface area contributed by atoms with E-state index >= 15 is 0 Å². The number of aliphatic hydroxyl groups excluding tert-OH is 2. The molecule has 3 fully saturated rings. The summed E-state index contributed by atoms with van der Waals surface area (Å²) in [5.74, 6) is -6.25.